The highest BCUT2D eigenvalue weighted by molar-refractivity contribution is 7.91. The Morgan fingerprint density at radius 3 is 2.82 bits per heavy atom. The number of benzene rings is 1. The van der Waals surface area contributed by atoms with Crippen molar-refractivity contribution < 1.29 is 17.8 Å². The number of halogens is 1. The number of amides is 1. The van der Waals surface area contributed by atoms with E-state index in [0.29, 0.717) is 16.5 Å². The van der Waals surface area contributed by atoms with Crippen LogP contribution in [0.4, 0.5) is 0 Å². The molecule has 2 fully saturated rings. The Morgan fingerprint density at radius 1 is 1.36 bits per heavy atom. The topological polar surface area (TPSA) is 109 Å². The van der Waals surface area contributed by atoms with Crippen LogP contribution < -0.4 is 5.32 Å². The third kappa shape index (κ3) is 2.58. The van der Waals surface area contributed by atoms with Crippen LogP contribution in [0.2, 0.25) is 5.02 Å². The number of furan rings is 1. The molecule has 1 amide bonds. The maximum absolute atomic E-state index is 12.5. The van der Waals surface area contributed by atoms with Gasteiger partial charge in [0, 0.05) is 17.3 Å². The Labute approximate surface area is 166 Å². The highest BCUT2D eigenvalue weighted by Crippen LogP contribution is 2.62. The van der Waals surface area contributed by atoms with Crippen molar-refractivity contribution in [3.05, 3.63) is 47.0 Å². The van der Waals surface area contributed by atoms with Crippen molar-refractivity contribution in [1.82, 2.24) is 10.3 Å². The van der Waals surface area contributed by atoms with Crippen molar-refractivity contribution in [2.45, 2.75) is 35.8 Å². The number of rotatable bonds is 4. The van der Waals surface area contributed by atoms with E-state index in [9.17, 15) is 9.00 Å². The van der Waals surface area contributed by atoms with Crippen molar-refractivity contribution in [2.75, 3.05) is 6.26 Å². The van der Waals surface area contributed by atoms with E-state index >= 15 is 0 Å². The lowest BCUT2D eigenvalue weighted by atomic mass is 9.45. The Balaban J connectivity index is 1.32. The minimum Gasteiger partial charge on any atom is -0.441 e. The van der Waals surface area contributed by atoms with Gasteiger partial charge in [-0.1, -0.05) is 11.6 Å². The maximum atomic E-state index is 12.5. The summed E-state index contributed by atoms with van der Waals surface area (Å²) in [5, 5.41) is 3.62. The van der Waals surface area contributed by atoms with Crippen LogP contribution in [-0.4, -0.2) is 27.4 Å². The molecule has 9 heteroatoms. The van der Waals surface area contributed by atoms with Crippen LogP contribution in [0, 0.1) is 10.7 Å². The third-order valence-corrected chi connectivity index (χ3v) is 7.18. The number of carbonyl (C=O) groups is 1. The van der Waals surface area contributed by atoms with Crippen LogP contribution in [0.3, 0.4) is 0 Å². The quantitative estimate of drug-likeness (QED) is 0.665. The molecule has 0 radical (unpaired) electrons. The summed E-state index contributed by atoms with van der Waals surface area (Å²) in [6.07, 6.45) is 3.98. The van der Waals surface area contributed by atoms with Crippen molar-refractivity contribution in [3.63, 3.8) is 0 Å². The molecular formula is C19H18ClN3O4S. The van der Waals surface area contributed by atoms with Gasteiger partial charge in [0.1, 0.15) is 15.2 Å². The Kier molecular flexibility index (Phi) is 3.70. The van der Waals surface area contributed by atoms with Crippen LogP contribution in [0.5, 0.6) is 0 Å². The van der Waals surface area contributed by atoms with Gasteiger partial charge in [0.05, 0.1) is 5.41 Å². The van der Waals surface area contributed by atoms with E-state index in [4.69, 9.17) is 25.2 Å². The zero-order valence-corrected chi connectivity index (χ0v) is 16.6. The van der Waals surface area contributed by atoms with Gasteiger partial charge >= 0.3 is 0 Å². The summed E-state index contributed by atoms with van der Waals surface area (Å²) >= 11 is 6.03. The second kappa shape index (κ2) is 5.84. The molecule has 2 saturated carbocycles. The van der Waals surface area contributed by atoms with Crippen molar-refractivity contribution in [2.24, 2.45) is 5.92 Å². The lowest BCUT2D eigenvalue weighted by molar-refractivity contribution is -0.0507. The predicted molar refractivity (Wildman–Crippen MR) is 103 cm³/mol. The molecule has 4 atom stereocenters. The Hall–Kier alpha value is -2.32. The van der Waals surface area contributed by atoms with Crippen LogP contribution in [-0.2, 0) is 15.1 Å². The normalized spacial score (nSPS) is 28.1. The zero-order chi connectivity index (χ0) is 19.7. The van der Waals surface area contributed by atoms with Gasteiger partial charge in [0.2, 0.25) is 5.89 Å². The van der Waals surface area contributed by atoms with Crippen molar-refractivity contribution in [3.8, 4) is 0 Å². The number of hydrogen-bond acceptors (Lipinski definition) is 6. The molecule has 0 aliphatic heterocycles. The lowest BCUT2D eigenvalue weighted by Crippen LogP contribution is -2.67. The summed E-state index contributed by atoms with van der Waals surface area (Å²) in [6.45, 7) is 0. The number of aromatic nitrogens is 1. The van der Waals surface area contributed by atoms with Gasteiger partial charge in [0.25, 0.3) is 5.91 Å². The SMILES string of the molecule is C[S@@](=N)(=O)c1ccc(C(=O)NC2CC3(c4nc5cc(Cl)ccc5o4)CCC23)o1. The first-order valence-corrected chi connectivity index (χ1v) is 11.3. The Morgan fingerprint density at radius 2 is 2.18 bits per heavy atom. The fourth-order valence-corrected chi connectivity index (χ4v) is 5.13. The summed E-state index contributed by atoms with van der Waals surface area (Å²) < 4.78 is 30.5. The minimum atomic E-state index is -2.98. The number of nitrogens with zero attached hydrogens (tertiary/aromatic N) is 1. The molecule has 2 aliphatic rings. The molecule has 3 unspecified atom stereocenters. The first-order valence-electron chi connectivity index (χ1n) is 8.97. The molecule has 2 aliphatic carbocycles. The number of carbonyl (C=O) groups excluding carboxylic acids is 1. The predicted octanol–water partition coefficient (Wildman–Crippen LogP) is 3.96. The summed E-state index contributed by atoms with van der Waals surface area (Å²) in [7, 11) is -2.98. The van der Waals surface area contributed by atoms with E-state index in [2.05, 4.69) is 10.3 Å². The highest BCUT2D eigenvalue weighted by Gasteiger charge is 2.64. The molecule has 7 nitrogen and oxygen atoms in total. The fraction of sp³-hybridized carbons (Fsp3) is 0.368. The van der Waals surface area contributed by atoms with Crippen LogP contribution in [0.1, 0.15) is 35.7 Å². The molecular weight excluding hydrogens is 402 g/mol. The average molecular weight is 420 g/mol. The van der Waals surface area contributed by atoms with E-state index in [1.165, 1.54) is 18.4 Å². The van der Waals surface area contributed by atoms with Crippen molar-refractivity contribution >= 4 is 38.3 Å². The first kappa shape index (κ1) is 17.8. The summed E-state index contributed by atoms with van der Waals surface area (Å²) in [6, 6.07) is 8.28. The number of oxazole rings is 1. The van der Waals surface area contributed by atoms with Crippen molar-refractivity contribution in [1.29, 1.82) is 4.78 Å². The molecule has 2 heterocycles. The molecule has 2 aromatic heterocycles. The molecule has 28 heavy (non-hydrogen) atoms. The second-order valence-corrected chi connectivity index (χ2v) is 10.2. The van der Waals surface area contributed by atoms with Crippen LogP contribution in [0.25, 0.3) is 11.1 Å². The first-order chi connectivity index (χ1) is 13.3. The number of fused-ring (bicyclic) bond motifs is 2. The van der Waals surface area contributed by atoms with Gasteiger partial charge in [-0.25, -0.2) is 14.0 Å². The third-order valence-electron chi connectivity index (χ3n) is 5.96. The maximum Gasteiger partial charge on any atom is 0.287 e. The number of nitrogens with one attached hydrogen (secondary N) is 2. The largest absolute Gasteiger partial charge is 0.441 e. The summed E-state index contributed by atoms with van der Waals surface area (Å²) in [4.78, 5) is 17.1. The van der Waals surface area contributed by atoms with Gasteiger partial charge in [-0.15, -0.1) is 0 Å². The molecule has 0 saturated heterocycles. The van der Waals surface area contributed by atoms with Gasteiger partial charge in [-0.3, -0.25) is 4.79 Å². The molecule has 1 aromatic carbocycles. The molecule has 0 bridgehead atoms. The van der Waals surface area contributed by atoms with E-state index in [-0.39, 0.29) is 34.1 Å². The zero-order valence-electron chi connectivity index (χ0n) is 15.0. The summed E-state index contributed by atoms with van der Waals surface area (Å²) in [5.41, 5.74) is 1.33. The van der Waals surface area contributed by atoms with E-state index < -0.39 is 9.73 Å². The standard InChI is InChI=1S/C19H18ClN3O4S/c1-28(21,25)16-5-4-15(26-16)17(24)22-13-9-19(7-6-11(13)19)18-23-12-8-10(20)2-3-14(12)27-18/h2-5,8,11,13,21H,6-7,9H2,1H3,(H,22,24)/t11?,13?,19?,28-/m1/s1. The molecule has 3 aromatic rings. The van der Waals surface area contributed by atoms with E-state index in [0.717, 1.165) is 24.8 Å². The number of hydrogen-bond donors (Lipinski definition) is 2. The van der Waals surface area contributed by atoms with Gasteiger partial charge < -0.3 is 14.2 Å². The molecule has 5 rings (SSSR count). The van der Waals surface area contributed by atoms with Gasteiger partial charge in [-0.2, -0.15) is 0 Å². The Bertz CT molecular complexity index is 1210. The van der Waals surface area contributed by atoms with Crippen LogP contribution in [0.15, 0.2) is 44.3 Å². The fourth-order valence-electron chi connectivity index (χ4n) is 4.38. The average Bonchev–Trinajstić information content (AvgIpc) is 3.24. The summed E-state index contributed by atoms with van der Waals surface area (Å²) in [5.74, 6) is 0.697. The van der Waals surface area contributed by atoms with Gasteiger partial charge in [-0.05, 0) is 55.5 Å². The van der Waals surface area contributed by atoms with E-state index in [1.54, 1.807) is 12.1 Å². The van der Waals surface area contributed by atoms with Crippen LogP contribution >= 0.6 is 11.6 Å². The monoisotopic (exact) mass is 419 g/mol. The molecule has 0 spiro atoms. The van der Waals surface area contributed by atoms with Gasteiger partial charge in [0.15, 0.2) is 16.4 Å². The second-order valence-electron chi connectivity index (χ2n) is 7.68. The molecule has 146 valence electrons. The smallest absolute Gasteiger partial charge is 0.287 e. The lowest BCUT2D eigenvalue weighted by Gasteiger charge is -2.61. The highest BCUT2D eigenvalue weighted by atomic mass is 35.5. The molecule has 2 N–H and O–H groups in total. The van der Waals surface area contributed by atoms with E-state index in [1.807, 2.05) is 6.07 Å². The minimum absolute atomic E-state index is 0.00869.